The smallest absolute Gasteiger partial charge is 0.317 e. The minimum atomic E-state index is -0.0657. The minimum Gasteiger partial charge on any atom is -0.409 e. The first-order valence-corrected chi connectivity index (χ1v) is 5.69. The summed E-state index contributed by atoms with van der Waals surface area (Å²) in [5, 5.41) is 14.3. The Morgan fingerprint density at radius 1 is 1.56 bits per heavy atom. The van der Waals surface area contributed by atoms with E-state index in [0.29, 0.717) is 6.42 Å². The number of oxime groups is 1. The van der Waals surface area contributed by atoms with Crippen LogP contribution in [0.25, 0.3) is 0 Å². The SMILES string of the molecule is CCC(CC(N)=NO)NC(=O)N1CCCC1. The third kappa shape index (κ3) is 3.60. The van der Waals surface area contributed by atoms with Crippen molar-refractivity contribution in [1.82, 2.24) is 10.2 Å². The first-order chi connectivity index (χ1) is 7.67. The van der Waals surface area contributed by atoms with E-state index in [1.54, 1.807) is 4.90 Å². The molecule has 1 atom stereocenters. The van der Waals surface area contributed by atoms with Crippen LogP contribution in [0.15, 0.2) is 5.16 Å². The van der Waals surface area contributed by atoms with Gasteiger partial charge in [-0.15, -0.1) is 0 Å². The number of likely N-dealkylation sites (tertiary alicyclic amines) is 1. The van der Waals surface area contributed by atoms with Crippen LogP contribution >= 0.6 is 0 Å². The van der Waals surface area contributed by atoms with Crippen LogP contribution in [0.4, 0.5) is 4.79 Å². The molecule has 0 bridgehead atoms. The van der Waals surface area contributed by atoms with E-state index in [9.17, 15) is 4.79 Å². The number of rotatable bonds is 4. The lowest BCUT2D eigenvalue weighted by molar-refractivity contribution is 0.204. The molecule has 1 heterocycles. The summed E-state index contributed by atoms with van der Waals surface area (Å²) < 4.78 is 0. The van der Waals surface area contributed by atoms with Gasteiger partial charge in [0, 0.05) is 25.6 Å². The van der Waals surface area contributed by atoms with Crippen molar-refractivity contribution < 1.29 is 10.0 Å². The van der Waals surface area contributed by atoms with Crippen molar-refractivity contribution in [2.45, 2.75) is 38.6 Å². The Kier molecular flexibility index (Phi) is 4.88. The maximum atomic E-state index is 11.8. The summed E-state index contributed by atoms with van der Waals surface area (Å²) in [7, 11) is 0. The molecule has 2 amide bonds. The summed E-state index contributed by atoms with van der Waals surface area (Å²) in [5.74, 6) is 0.147. The summed E-state index contributed by atoms with van der Waals surface area (Å²) >= 11 is 0. The molecule has 1 aliphatic rings. The van der Waals surface area contributed by atoms with Crippen LogP contribution in [0.2, 0.25) is 0 Å². The molecule has 6 heteroatoms. The largest absolute Gasteiger partial charge is 0.409 e. The van der Waals surface area contributed by atoms with E-state index < -0.39 is 0 Å². The number of amidine groups is 1. The van der Waals surface area contributed by atoms with Crippen molar-refractivity contribution >= 4 is 11.9 Å². The van der Waals surface area contributed by atoms with Gasteiger partial charge in [-0.25, -0.2) is 4.79 Å². The molecule has 92 valence electrons. The predicted octanol–water partition coefficient (Wildman–Crippen LogP) is 0.707. The summed E-state index contributed by atoms with van der Waals surface area (Å²) in [6.45, 7) is 3.61. The molecule has 1 unspecified atom stereocenters. The second-order valence-corrected chi connectivity index (χ2v) is 4.04. The van der Waals surface area contributed by atoms with Crippen molar-refractivity contribution in [3.8, 4) is 0 Å². The fraction of sp³-hybridized carbons (Fsp3) is 0.800. The van der Waals surface area contributed by atoms with Gasteiger partial charge in [0.15, 0.2) is 0 Å². The lowest BCUT2D eigenvalue weighted by Gasteiger charge is -2.21. The molecule has 1 rings (SSSR count). The molecule has 0 aromatic rings. The fourth-order valence-corrected chi connectivity index (χ4v) is 1.78. The van der Waals surface area contributed by atoms with Gasteiger partial charge in [-0.3, -0.25) is 0 Å². The van der Waals surface area contributed by atoms with Crippen molar-refractivity contribution in [2.75, 3.05) is 13.1 Å². The topological polar surface area (TPSA) is 91.0 Å². The van der Waals surface area contributed by atoms with E-state index in [2.05, 4.69) is 10.5 Å². The third-order valence-corrected chi connectivity index (χ3v) is 2.80. The number of nitrogens with one attached hydrogen (secondary N) is 1. The minimum absolute atomic E-state index is 0.0462. The molecule has 0 spiro atoms. The average molecular weight is 228 g/mol. The van der Waals surface area contributed by atoms with Crippen molar-refractivity contribution in [2.24, 2.45) is 10.9 Å². The first kappa shape index (κ1) is 12.6. The van der Waals surface area contributed by atoms with Crippen LogP contribution < -0.4 is 11.1 Å². The maximum absolute atomic E-state index is 11.8. The van der Waals surface area contributed by atoms with E-state index >= 15 is 0 Å². The Bertz CT molecular complexity index is 262. The quantitative estimate of drug-likeness (QED) is 0.286. The second kappa shape index (κ2) is 6.19. The maximum Gasteiger partial charge on any atom is 0.317 e. The van der Waals surface area contributed by atoms with Crippen LogP contribution in [-0.2, 0) is 0 Å². The van der Waals surface area contributed by atoms with Crippen LogP contribution in [0.1, 0.15) is 32.6 Å². The summed E-state index contributed by atoms with van der Waals surface area (Å²) in [6, 6.07) is -0.112. The van der Waals surface area contributed by atoms with Gasteiger partial charge >= 0.3 is 6.03 Å². The lowest BCUT2D eigenvalue weighted by atomic mass is 10.1. The Morgan fingerprint density at radius 3 is 2.69 bits per heavy atom. The molecule has 16 heavy (non-hydrogen) atoms. The highest BCUT2D eigenvalue weighted by molar-refractivity contribution is 5.81. The number of nitrogens with zero attached hydrogens (tertiary/aromatic N) is 2. The number of nitrogens with two attached hydrogens (primary N) is 1. The predicted molar refractivity (Wildman–Crippen MR) is 61.4 cm³/mol. The van der Waals surface area contributed by atoms with Crippen molar-refractivity contribution in [3.05, 3.63) is 0 Å². The lowest BCUT2D eigenvalue weighted by Crippen LogP contribution is -2.44. The zero-order valence-corrected chi connectivity index (χ0v) is 9.65. The molecule has 1 aliphatic heterocycles. The number of hydrogen-bond donors (Lipinski definition) is 3. The van der Waals surface area contributed by atoms with E-state index in [1.165, 1.54) is 0 Å². The third-order valence-electron chi connectivity index (χ3n) is 2.80. The van der Waals surface area contributed by atoms with Gasteiger partial charge in [-0.05, 0) is 19.3 Å². The molecule has 0 aliphatic carbocycles. The number of urea groups is 1. The van der Waals surface area contributed by atoms with Crippen LogP contribution in [0.3, 0.4) is 0 Å². The molecule has 0 radical (unpaired) electrons. The average Bonchev–Trinajstić information content (AvgIpc) is 2.81. The molecule has 6 nitrogen and oxygen atoms in total. The van der Waals surface area contributed by atoms with Crippen LogP contribution in [-0.4, -0.2) is 41.1 Å². The molecule has 0 aromatic carbocycles. The first-order valence-electron chi connectivity index (χ1n) is 5.69. The monoisotopic (exact) mass is 228 g/mol. The summed E-state index contributed by atoms with van der Waals surface area (Å²) in [5.41, 5.74) is 5.41. The van der Waals surface area contributed by atoms with E-state index in [4.69, 9.17) is 10.9 Å². The van der Waals surface area contributed by atoms with Crippen LogP contribution in [0.5, 0.6) is 0 Å². The number of hydrogen-bond acceptors (Lipinski definition) is 3. The number of amides is 2. The molecular weight excluding hydrogens is 208 g/mol. The summed E-state index contributed by atoms with van der Waals surface area (Å²) in [6.07, 6.45) is 3.29. The Labute approximate surface area is 95.5 Å². The van der Waals surface area contributed by atoms with Crippen molar-refractivity contribution in [1.29, 1.82) is 0 Å². The highest BCUT2D eigenvalue weighted by Gasteiger charge is 2.20. The number of carbonyl (C=O) groups is 1. The Morgan fingerprint density at radius 2 is 2.19 bits per heavy atom. The molecule has 4 N–H and O–H groups in total. The van der Waals surface area contributed by atoms with E-state index in [1.807, 2.05) is 6.92 Å². The molecule has 0 aromatic heterocycles. The van der Waals surface area contributed by atoms with Gasteiger partial charge in [0.25, 0.3) is 0 Å². The van der Waals surface area contributed by atoms with Gasteiger partial charge in [-0.2, -0.15) is 0 Å². The van der Waals surface area contributed by atoms with Crippen molar-refractivity contribution in [3.63, 3.8) is 0 Å². The molecule has 0 saturated carbocycles. The van der Waals surface area contributed by atoms with Gasteiger partial charge < -0.3 is 21.2 Å². The van der Waals surface area contributed by atoms with Gasteiger partial charge in [0.2, 0.25) is 0 Å². The zero-order valence-electron chi connectivity index (χ0n) is 9.65. The highest BCUT2D eigenvalue weighted by Crippen LogP contribution is 2.08. The number of carbonyl (C=O) groups excluding carboxylic acids is 1. The van der Waals surface area contributed by atoms with E-state index in [0.717, 1.165) is 32.4 Å². The highest BCUT2D eigenvalue weighted by atomic mass is 16.4. The van der Waals surface area contributed by atoms with Crippen LogP contribution in [0, 0.1) is 0 Å². The standard InChI is InChI=1S/C10H20N4O2/c1-2-8(7-9(11)13-16)12-10(15)14-5-3-4-6-14/h8,16H,2-7H2,1H3,(H2,11,13)(H,12,15). The summed E-state index contributed by atoms with van der Waals surface area (Å²) in [4.78, 5) is 13.6. The zero-order chi connectivity index (χ0) is 12.0. The van der Waals surface area contributed by atoms with Gasteiger partial charge in [0.1, 0.15) is 5.84 Å². The molecule has 1 saturated heterocycles. The molecular formula is C10H20N4O2. The van der Waals surface area contributed by atoms with E-state index in [-0.39, 0.29) is 17.9 Å². The second-order valence-electron chi connectivity index (χ2n) is 4.04. The normalized spacial score (nSPS) is 18.6. The van der Waals surface area contributed by atoms with Gasteiger partial charge in [0.05, 0.1) is 0 Å². The molecule has 1 fully saturated rings. The Hall–Kier alpha value is -1.46. The van der Waals surface area contributed by atoms with Gasteiger partial charge in [-0.1, -0.05) is 12.1 Å². The Balaban J connectivity index is 2.39. The fourth-order valence-electron chi connectivity index (χ4n) is 1.78.